The van der Waals surface area contributed by atoms with E-state index in [2.05, 4.69) is 30.1 Å². The van der Waals surface area contributed by atoms with Crippen LogP contribution in [0.5, 0.6) is 11.5 Å². The van der Waals surface area contributed by atoms with Crippen molar-refractivity contribution >= 4 is 22.5 Å². The Bertz CT molecular complexity index is 1430. The molecule has 0 bridgehead atoms. The summed E-state index contributed by atoms with van der Waals surface area (Å²) in [5, 5.41) is 1.13. The van der Waals surface area contributed by atoms with Crippen LogP contribution in [0.2, 0.25) is 0 Å². The third-order valence-electron chi connectivity index (χ3n) is 7.60. The van der Waals surface area contributed by atoms with Crippen molar-refractivity contribution in [2.45, 2.75) is 25.7 Å². The van der Waals surface area contributed by atoms with E-state index in [4.69, 9.17) is 9.47 Å². The van der Waals surface area contributed by atoms with Crippen molar-refractivity contribution in [2.24, 2.45) is 0 Å². The summed E-state index contributed by atoms with van der Waals surface area (Å²) in [4.78, 5) is 21.1. The SMILES string of the molecule is CCc1cccc2c([C@@H](CC(=O)N3CCN(c4ccccc4F)CC3)c3ccc(OC)c(OC)c3)c[nH]c12. The molecule has 1 aromatic heterocycles. The summed E-state index contributed by atoms with van der Waals surface area (Å²) in [7, 11) is 3.24. The van der Waals surface area contributed by atoms with Gasteiger partial charge in [0.25, 0.3) is 0 Å². The summed E-state index contributed by atoms with van der Waals surface area (Å²) in [5.74, 6) is 0.964. The van der Waals surface area contributed by atoms with Crippen LogP contribution in [0.3, 0.4) is 0 Å². The molecule has 1 N–H and O–H groups in total. The molecular formula is C31H34FN3O3. The Labute approximate surface area is 223 Å². The number of aromatic amines is 1. The highest BCUT2D eigenvalue weighted by Crippen LogP contribution is 2.38. The second kappa shape index (κ2) is 11.2. The number of rotatable bonds is 8. The van der Waals surface area contributed by atoms with Crippen molar-refractivity contribution in [1.82, 2.24) is 9.88 Å². The summed E-state index contributed by atoms with van der Waals surface area (Å²) in [5.41, 5.74) is 5.02. The molecule has 198 valence electrons. The molecule has 0 radical (unpaired) electrons. The first-order valence-corrected chi connectivity index (χ1v) is 13.1. The van der Waals surface area contributed by atoms with Crippen LogP contribution in [0.25, 0.3) is 10.9 Å². The molecule has 0 saturated carbocycles. The number of anilines is 1. The Morgan fingerprint density at radius 1 is 0.974 bits per heavy atom. The van der Waals surface area contributed by atoms with E-state index in [1.807, 2.05) is 40.3 Å². The fraction of sp³-hybridized carbons (Fsp3) is 0.323. The third kappa shape index (κ3) is 4.93. The van der Waals surface area contributed by atoms with Crippen LogP contribution in [0, 0.1) is 5.82 Å². The van der Waals surface area contributed by atoms with E-state index in [1.54, 1.807) is 26.4 Å². The van der Waals surface area contributed by atoms with Gasteiger partial charge in [0.2, 0.25) is 5.91 Å². The lowest BCUT2D eigenvalue weighted by atomic mass is 9.87. The predicted octanol–water partition coefficient (Wildman–Crippen LogP) is 5.76. The molecule has 1 saturated heterocycles. The molecule has 5 rings (SSSR count). The van der Waals surface area contributed by atoms with Gasteiger partial charge in [-0.05, 0) is 47.4 Å². The van der Waals surface area contributed by atoms with E-state index >= 15 is 0 Å². The van der Waals surface area contributed by atoms with Gasteiger partial charge in [-0.25, -0.2) is 4.39 Å². The van der Waals surface area contributed by atoms with Gasteiger partial charge < -0.3 is 24.3 Å². The quantitative estimate of drug-likeness (QED) is 0.324. The van der Waals surface area contributed by atoms with Crippen LogP contribution in [0.4, 0.5) is 10.1 Å². The Morgan fingerprint density at radius 2 is 1.74 bits per heavy atom. The summed E-state index contributed by atoms with van der Waals surface area (Å²) >= 11 is 0. The van der Waals surface area contributed by atoms with Gasteiger partial charge in [0.1, 0.15) is 5.82 Å². The summed E-state index contributed by atoms with van der Waals surface area (Å²) < 4.78 is 25.3. The summed E-state index contributed by atoms with van der Waals surface area (Å²) in [6.45, 7) is 4.45. The number of aryl methyl sites for hydroxylation is 1. The van der Waals surface area contributed by atoms with Crippen LogP contribution in [0.1, 0.15) is 36.0 Å². The second-order valence-electron chi connectivity index (χ2n) is 9.63. The number of piperazine rings is 1. The largest absolute Gasteiger partial charge is 0.493 e. The van der Waals surface area contributed by atoms with Gasteiger partial charge in [-0.2, -0.15) is 0 Å². The van der Waals surface area contributed by atoms with Crippen molar-refractivity contribution < 1.29 is 18.7 Å². The normalized spacial score (nSPS) is 14.5. The maximum atomic E-state index is 14.3. The number of methoxy groups -OCH3 is 2. The van der Waals surface area contributed by atoms with Crippen molar-refractivity contribution in [1.29, 1.82) is 0 Å². The van der Waals surface area contributed by atoms with Crippen LogP contribution in [-0.4, -0.2) is 56.2 Å². The number of hydrogen-bond donors (Lipinski definition) is 1. The molecule has 1 aliphatic heterocycles. The molecule has 1 fully saturated rings. The van der Waals surface area contributed by atoms with E-state index in [1.165, 1.54) is 11.6 Å². The van der Waals surface area contributed by atoms with Gasteiger partial charge in [0, 0.05) is 55.6 Å². The molecule has 0 aliphatic carbocycles. The zero-order chi connectivity index (χ0) is 26.6. The first-order chi connectivity index (χ1) is 18.5. The van der Waals surface area contributed by atoms with Gasteiger partial charge in [-0.15, -0.1) is 0 Å². The second-order valence-corrected chi connectivity index (χ2v) is 9.63. The van der Waals surface area contributed by atoms with Crippen molar-refractivity contribution in [3.8, 4) is 11.5 Å². The highest BCUT2D eigenvalue weighted by atomic mass is 19.1. The molecular weight excluding hydrogens is 481 g/mol. The highest BCUT2D eigenvalue weighted by molar-refractivity contribution is 5.88. The monoisotopic (exact) mass is 515 g/mol. The summed E-state index contributed by atoms with van der Waals surface area (Å²) in [6.07, 6.45) is 3.27. The van der Waals surface area contributed by atoms with Crippen LogP contribution >= 0.6 is 0 Å². The Morgan fingerprint density at radius 3 is 2.45 bits per heavy atom. The number of carbonyl (C=O) groups is 1. The lowest BCUT2D eigenvalue weighted by Gasteiger charge is -2.36. The minimum atomic E-state index is -0.230. The Kier molecular flexibility index (Phi) is 7.54. The number of amides is 1. The van der Waals surface area contributed by atoms with E-state index in [0.29, 0.717) is 49.8 Å². The topological polar surface area (TPSA) is 57.8 Å². The van der Waals surface area contributed by atoms with Crippen LogP contribution in [-0.2, 0) is 11.2 Å². The Hall–Kier alpha value is -4.00. The number of halogens is 1. The average molecular weight is 516 g/mol. The fourth-order valence-corrected chi connectivity index (χ4v) is 5.51. The number of carbonyl (C=O) groups excluding carboxylic acids is 1. The van der Waals surface area contributed by atoms with Crippen molar-refractivity contribution in [2.75, 3.05) is 45.3 Å². The number of nitrogens with one attached hydrogen (secondary N) is 1. The number of H-pyrrole nitrogens is 1. The fourth-order valence-electron chi connectivity index (χ4n) is 5.51. The van der Waals surface area contributed by atoms with Crippen LogP contribution < -0.4 is 14.4 Å². The molecule has 0 spiro atoms. The van der Waals surface area contributed by atoms with Gasteiger partial charge >= 0.3 is 0 Å². The van der Waals surface area contributed by atoms with E-state index in [0.717, 1.165) is 28.5 Å². The maximum absolute atomic E-state index is 14.3. The number of fused-ring (bicyclic) bond motifs is 1. The van der Waals surface area contributed by atoms with Gasteiger partial charge in [0.05, 0.1) is 19.9 Å². The molecule has 2 heterocycles. The molecule has 3 aromatic carbocycles. The van der Waals surface area contributed by atoms with E-state index in [-0.39, 0.29) is 17.6 Å². The minimum absolute atomic E-state index is 0.0824. The van der Waals surface area contributed by atoms with Crippen molar-refractivity contribution in [3.05, 3.63) is 89.4 Å². The van der Waals surface area contributed by atoms with Crippen LogP contribution in [0.15, 0.2) is 66.9 Å². The number of nitrogens with zero attached hydrogens (tertiary/aromatic N) is 2. The number of para-hydroxylation sites is 2. The molecule has 0 unspecified atom stereocenters. The molecule has 1 atom stereocenters. The lowest BCUT2D eigenvalue weighted by Crippen LogP contribution is -2.49. The standard InChI is InChI=1S/C31H34FN3O3/c1-4-21-8-7-9-23-25(20-33-31(21)23)24(22-12-13-28(37-2)29(18-22)38-3)19-30(36)35-16-14-34(15-17-35)27-11-6-5-10-26(27)32/h5-13,18,20,24,33H,4,14-17,19H2,1-3H3/t24-/m0/s1. The number of hydrogen-bond acceptors (Lipinski definition) is 4. The zero-order valence-electron chi connectivity index (χ0n) is 22.2. The predicted molar refractivity (Wildman–Crippen MR) is 149 cm³/mol. The highest BCUT2D eigenvalue weighted by Gasteiger charge is 2.28. The first-order valence-electron chi connectivity index (χ1n) is 13.1. The third-order valence-corrected chi connectivity index (χ3v) is 7.60. The molecule has 7 heteroatoms. The molecule has 6 nitrogen and oxygen atoms in total. The lowest BCUT2D eigenvalue weighted by molar-refractivity contribution is -0.131. The molecule has 38 heavy (non-hydrogen) atoms. The first kappa shape index (κ1) is 25.6. The Balaban J connectivity index is 1.43. The van der Waals surface area contributed by atoms with E-state index in [9.17, 15) is 9.18 Å². The van der Waals surface area contributed by atoms with Gasteiger partial charge in [-0.1, -0.05) is 43.3 Å². The number of aromatic nitrogens is 1. The molecule has 1 aliphatic rings. The molecule has 4 aromatic rings. The zero-order valence-corrected chi connectivity index (χ0v) is 22.2. The minimum Gasteiger partial charge on any atom is -0.493 e. The summed E-state index contributed by atoms with van der Waals surface area (Å²) in [6, 6.07) is 19.0. The van der Waals surface area contributed by atoms with Gasteiger partial charge in [0.15, 0.2) is 11.5 Å². The van der Waals surface area contributed by atoms with E-state index < -0.39 is 0 Å². The number of benzene rings is 3. The smallest absolute Gasteiger partial charge is 0.223 e. The maximum Gasteiger partial charge on any atom is 0.223 e. The van der Waals surface area contributed by atoms with Crippen molar-refractivity contribution in [3.63, 3.8) is 0 Å². The average Bonchev–Trinajstić information content (AvgIpc) is 3.40. The number of ether oxygens (including phenoxy) is 2. The van der Waals surface area contributed by atoms with Gasteiger partial charge in [-0.3, -0.25) is 4.79 Å². The molecule has 1 amide bonds.